The Hall–Kier alpha value is -0.610. The van der Waals surface area contributed by atoms with Crippen LogP contribution >= 0.6 is 0 Å². The zero-order valence-electron chi connectivity index (χ0n) is 10.8. The van der Waals surface area contributed by atoms with Crippen LogP contribution in [0.2, 0.25) is 0 Å². The molecule has 0 aromatic carbocycles. The molecule has 3 atom stereocenters. The summed E-state index contributed by atoms with van der Waals surface area (Å²) in [4.78, 5) is 12.0. The van der Waals surface area contributed by atoms with Gasteiger partial charge in [-0.15, -0.1) is 0 Å². The van der Waals surface area contributed by atoms with Gasteiger partial charge >= 0.3 is 0 Å². The highest BCUT2D eigenvalue weighted by Gasteiger charge is 2.25. The predicted molar refractivity (Wildman–Crippen MR) is 68.5 cm³/mol. The number of hydrogen-bond acceptors (Lipinski definition) is 3. The number of nitrogens with one attached hydrogen (secondary N) is 1. The average Bonchev–Trinajstić information content (AvgIpc) is 2.52. The molecule has 3 unspecified atom stereocenters. The molecule has 1 aliphatic rings. The number of carbonyl (C=O) groups is 1. The summed E-state index contributed by atoms with van der Waals surface area (Å²) >= 11 is 0. The first-order valence-corrected chi connectivity index (χ1v) is 6.87. The lowest BCUT2D eigenvalue weighted by molar-refractivity contribution is -0.126. The molecule has 1 amide bonds. The van der Waals surface area contributed by atoms with Crippen LogP contribution in [0.1, 0.15) is 51.9 Å². The third kappa shape index (κ3) is 4.64. The summed E-state index contributed by atoms with van der Waals surface area (Å²) in [5, 5.41) is 12.9. The zero-order chi connectivity index (χ0) is 12.7. The average molecular weight is 242 g/mol. The van der Waals surface area contributed by atoms with Crippen LogP contribution in [0, 0.1) is 5.92 Å². The Morgan fingerprint density at radius 3 is 2.76 bits per heavy atom. The molecule has 0 aromatic rings. The first-order valence-electron chi connectivity index (χ1n) is 6.87. The lowest BCUT2D eigenvalue weighted by Gasteiger charge is -2.24. The lowest BCUT2D eigenvalue weighted by atomic mass is 10.0. The van der Waals surface area contributed by atoms with Crippen molar-refractivity contribution in [2.45, 2.75) is 64.0 Å². The van der Waals surface area contributed by atoms with Gasteiger partial charge in [-0.2, -0.15) is 0 Å². The molecule has 0 heterocycles. The number of hydrogen-bond donors (Lipinski definition) is 3. The number of carbonyl (C=O) groups excluding carboxylic acids is 1. The molecule has 4 nitrogen and oxygen atoms in total. The summed E-state index contributed by atoms with van der Waals surface area (Å²) in [7, 11) is 0. The Morgan fingerprint density at radius 2 is 2.12 bits per heavy atom. The lowest BCUT2D eigenvalue weighted by Crippen LogP contribution is -2.46. The summed E-state index contributed by atoms with van der Waals surface area (Å²) in [6.07, 6.45) is 6.38. The van der Waals surface area contributed by atoms with E-state index in [1.807, 2.05) is 0 Å². The third-order valence-electron chi connectivity index (χ3n) is 3.60. The number of aliphatic hydroxyl groups excluding tert-OH is 1. The third-order valence-corrected chi connectivity index (χ3v) is 3.60. The van der Waals surface area contributed by atoms with Crippen molar-refractivity contribution in [3.05, 3.63) is 0 Å². The van der Waals surface area contributed by atoms with E-state index in [0.29, 0.717) is 6.54 Å². The van der Waals surface area contributed by atoms with E-state index in [9.17, 15) is 9.90 Å². The van der Waals surface area contributed by atoms with Crippen LogP contribution < -0.4 is 11.1 Å². The van der Waals surface area contributed by atoms with Crippen LogP contribution in [0.4, 0.5) is 0 Å². The van der Waals surface area contributed by atoms with Crippen LogP contribution in [0.25, 0.3) is 0 Å². The van der Waals surface area contributed by atoms with E-state index in [1.54, 1.807) is 0 Å². The minimum atomic E-state index is -0.387. The maximum absolute atomic E-state index is 12.0. The number of amides is 1. The summed E-state index contributed by atoms with van der Waals surface area (Å²) in [5.41, 5.74) is 5.61. The summed E-state index contributed by atoms with van der Waals surface area (Å²) < 4.78 is 0. The SMILES string of the molecule is CCCC(CN)C(=O)NC1CCCCCC1O. The van der Waals surface area contributed by atoms with E-state index in [0.717, 1.165) is 44.9 Å². The maximum Gasteiger partial charge on any atom is 0.224 e. The smallest absolute Gasteiger partial charge is 0.224 e. The van der Waals surface area contributed by atoms with E-state index in [4.69, 9.17) is 5.73 Å². The molecule has 1 saturated carbocycles. The van der Waals surface area contributed by atoms with Crippen LogP contribution in [0.3, 0.4) is 0 Å². The molecule has 100 valence electrons. The van der Waals surface area contributed by atoms with Crippen LogP contribution in [0.15, 0.2) is 0 Å². The van der Waals surface area contributed by atoms with E-state index < -0.39 is 0 Å². The number of nitrogens with two attached hydrogens (primary N) is 1. The molecule has 17 heavy (non-hydrogen) atoms. The van der Waals surface area contributed by atoms with E-state index in [-0.39, 0.29) is 24.0 Å². The maximum atomic E-state index is 12.0. The normalized spacial score (nSPS) is 27.2. The van der Waals surface area contributed by atoms with Crippen LogP contribution in [0.5, 0.6) is 0 Å². The minimum Gasteiger partial charge on any atom is -0.391 e. The van der Waals surface area contributed by atoms with Crippen LogP contribution in [-0.4, -0.2) is 29.7 Å². The molecule has 0 spiro atoms. The number of aliphatic hydroxyl groups is 1. The number of rotatable bonds is 5. The van der Waals surface area contributed by atoms with E-state index in [2.05, 4.69) is 12.2 Å². The Labute approximate surface area is 104 Å². The van der Waals surface area contributed by atoms with Gasteiger partial charge in [-0.1, -0.05) is 32.6 Å². The second kappa shape index (κ2) is 7.67. The monoisotopic (exact) mass is 242 g/mol. The second-order valence-corrected chi connectivity index (χ2v) is 5.04. The van der Waals surface area contributed by atoms with Gasteiger partial charge < -0.3 is 16.2 Å². The Kier molecular flexibility index (Phi) is 6.52. The van der Waals surface area contributed by atoms with Crippen molar-refractivity contribution in [3.63, 3.8) is 0 Å². The van der Waals surface area contributed by atoms with Gasteiger partial charge in [0.1, 0.15) is 0 Å². The van der Waals surface area contributed by atoms with Gasteiger partial charge in [0, 0.05) is 6.54 Å². The van der Waals surface area contributed by atoms with Crippen molar-refractivity contribution in [3.8, 4) is 0 Å². The van der Waals surface area contributed by atoms with Gasteiger partial charge in [0.25, 0.3) is 0 Å². The fourth-order valence-electron chi connectivity index (χ4n) is 2.46. The van der Waals surface area contributed by atoms with E-state index >= 15 is 0 Å². The Morgan fingerprint density at radius 1 is 1.41 bits per heavy atom. The quantitative estimate of drug-likeness (QED) is 0.633. The van der Waals surface area contributed by atoms with E-state index in [1.165, 1.54) is 0 Å². The first kappa shape index (κ1) is 14.5. The molecule has 0 bridgehead atoms. The standard InChI is InChI=1S/C13H26N2O2/c1-2-6-10(9-14)13(17)15-11-7-4-3-5-8-12(11)16/h10-12,16H,2-9,14H2,1H3,(H,15,17). The van der Waals surface area contributed by atoms with Gasteiger partial charge in [0.05, 0.1) is 18.1 Å². The second-order valence-electron chi connectivity index (χ2n) is 5.04. The molecule has 4 heteroatoms. The largest absolute Gasteiger partial charge is 0.391 e. The van der Waals surface area contributed by atoms with Crippen molar-refractivity contribution < 1.29 is 9.90 Å². The van der Waals surface area contributed by atoms with Gasteiger partial charge in [-0.25, -0.2) is 0 Å². The van der Waals surface area contributed by atoms with Crippen LogP contribution in [-0.2, 0) is 4.79 Å². The Bertz CT molecular complexity index is 233. The molecule has 0 radical (unpaired) electrons. The first-order chi connectivity index (χ1) is 8.19. The molecule has 0 aliphatic heterocycles. The van der Waals surface area contributed by atoms with Crippen molar-refractivity contribution in [1.29, 1.82) is 0 Å². The highest BCUT2D eigenvalue weighted by atomic mass is 16.3. The molecule has 0 aromatic heterocycles. The zero-order valence-corrected chi connectivity index (χ0v) is 10.8. The fourth-order valence-corrected chi connectivity index (χ4v) is 2.46. The molecule has 4 N–H and O–H groups in total. The molecule has 1 fully saturated rings. The van der Waals surface area contributed by atoms with Gasteiger partial charge in [0.15, 0.2) is 0 Å². The Balaban J connectivity index is 2.47. The highest BCUT2D eigenvalue weighted by molar-refractivity contribution is 5.79. The highest BCUT2D eigenvalue weighted by Crippen LogP contribution is 2.18. The summed E-state index contributed by atoms with van der Waals surface area (Å²) in [5.74, 6) is -0.0873. The summed E-state index contributed by atoms with van der Waals surface area (Å²) in [6.45, 7) is 2.44. The molecular formula is C13H26N2O2. The van der Waals surface area contributed by atoms with Gasteiger partial charge in [0.2, 0.25) is 5.91 Å². The molecule has 1 aliphatic carbocycles. The van der Waals surface area contributed by atoms with Crippen molar-refractivity contribution in [2.75, 3.05) is 6.54 Å². The molecule has 0 saturated heterocycles. The minimum absolute atomic E-state index is 0.0142. The van der Waals surface area contributed by atoms with Crippen molar-refractivity contribution in [1.82, 2.24) is 5.32 Å². The summed E-state index contributed by atoms with van der Waals surface area (Å²) in [6, 6.07) is -0.0732. The topological polar surface area (TPSA) is 75.4 Å². The fraction of sp³-hybridized carbons (Fsp3) is 0.923. The van der Waals surface area contributed by atoms with Gasteiger partial charge in [-0.3, -0.25) is 4.79 Å². The molecule has 1 rings (SSSR count). The van der Waals surface area contributed by atoms with Gasteiger partial charge in [-0.05, 0) is 19.3 Å². The van der Waals surface area contributed by atoms with Crippen molar-refractivity contribution >= 4 is 5.91 Å². The molecular weight excluding hydrogens is 216 g/mol. The van der Waals surface area contributed by atoms with Crippen molar-refractivity contribution in [2.24, 2.45) is 11.7 Å². The predicted octanol–water partition coefficient (Wildman–Crippen LogP) is 1.17.